The summed E-state index contributed by atoms with van der Waals surface area (Å²) in [5.74, 6) is -0.256. The van der Waals surface area contributed by atoms with Crippen LogP contribution < -0.4 is 0 Å². The minimum absolute atomic E-state index is 0.128. The number of nitro groups is 2. The molecule has 0 saturated carbocycles. The van der Waals surface area contributed by atoms with E-state index in [1.54, 1.807) is 0 Å². The Morgan fingerprint density at radius 3 is 1.33 bits per heavy atom. The molecule has 126 valence electrons. The number of nitrogens with zero attached hydrogens (tertiary/aromatic N) is 2. The molecule has 0 N–H and O–H groups in total. The van der Waals surface area contributed by atoms with Gasteiger partial charge in [-0.3, -0.25) is 20.2 Å². The normalized spacial score (nSPS) is 29.3. The third kappa shape index (κ3) is 3.22. The number of hydrogen-bond donors (Lipinski definition) is 0. The molecule has 0 radical (unpaired) electrons. The van der Waals surface area contributed by atoms with Crippen molar-refractivity contribution in [2.24, 2.45) is 0 Å². The highest BCUT2D eigenvalue weighted by Gasteiger charge is 2.35. The van der Waals surface area contributed by atoms with E-state index in [0.29, 0.717) is 25.7 Å². The van der Waals surface area contributed by atoms with E-state index >= 15 is 0 Å². The summed E-state index contributed by atoms with van der Waals surface area (Å²) < 4.78 is 0. The second kappa shape index (κ2) is 6.95. The first-order chi connectivity index (χ1) is 11.6. The Kier molecular flexibility index (Phi) is 4.74. The Labute approximate surface area is 140 Å². The van der Waals surface area contributed by atoms with Gasteiger partial charge in [-0.25, -0.2) is 0 Å². The lowest BCUT2D eigenvalue weighted by Gasteiger charge is -2.25. The molecule has 0 aliphatic heterocycles. The summed E-state index contributed by atoms with van der Waals surface area (Å²) >= 11 is 0. The number of benzene rings is 1. The molecular formula is C18H20N2O4. The van der Waals surface area contributed by atoms with Gasteiger partial charge in [-0.1, -0.05) is 48.6 Å². The molecule has 0 amide bonds. The predicted octanol–water partition coefficient (Wildman–Crippen LogP) is 3.84. The van der Waals surface area contributed by atoms with E-state index in [-0.39, 0.29) is 21.7 Å². The Morgan fingerprint density at radius 1 is 0.667 bits per heavy atom. The molecule has 3 rings (SSSR count). The molecule has 0 heterocycles. The van der Waals surface area contributed by atoms with E-state index in [9.17, 15) is 20.2 Å². The second-order valence-corrected chi connectivity index (χ2v) is 6.47. The smallest absolute Gasteiger partial charge is 0.223 e. The first kappa shape index (κ1) is 16.4. The van der Waals surface area contributed by atoms with E-state index in [2.05, 4.69) is 0 Å². The van der Waals surface area contributed by atoms with Gasteiger partial charge in [0.1, 0.15) is 0 Å². The van der Waals surface area contributed by atoms with E-state index in [4.69, 9.17) is 0 Å². The third-order valence-corrected chi connectivity index (χ3v) is 5.13. The first-order valence-electron chi connectivity index (χ1n) is 8.24. The largest absolute Gasteiger partial charge is 0.264 e. The van der Waals surface area contributed by atoms with Crippen LogP contribution in [0, 0.1) is 20.2 Å². The average Bonchev–Trinajstić information content (AvgIpc) is 2.62. The van der Waals surface area contributed by atoms with Crippen molar-refractivity contribution in [3.63, 3.8) is 0 Å². The fourth-order valence-electron chi connectivity index (χ4n) is 3.77. The van der Waals surface area contributed by atoms with Crippen LogP contribution in [0.1, 0.15) is 48.6 Å². The zero-order chi connectivity index (χ0) is 17.1. The molecule has 2 aliphatic rings. The molecule has 6 heteroatoms. The standard InChI is InChI=1S/C18H20N2O4/c21-19(22)17-7-3-1-5-15(17)13-9-11-14(12-10-13)16-6-2-4-8-18(16)20(23)24/h1-4,9-12,15-18H,5-8H2/t15-,16+,17-,18-/m0/s1. The average molecular weight is 328 g/mol. The molecule has 0 saturated heterocycles. The van der Waals surface area contributed by atoms with Crippen LogP contribution in [-0.4, -0.2) is 21.9 Å². The molecular weight excluding hydrogens is 308 g/mol. The zero-order valence-electron chi connectivity index (χ0n) is 13.3. The van der Waals surface area contributed by atoms with Crippen LogP contribution in [0.4, 0.5) is 0 Å². The van der Waals surface area contributed by atoms with Crippen LogP contribution in [-0.2, 0) is 0 Å². The summed E-state index contributed by atoms with van der Waals surface area (Å²) in [5, 5.41) is 22.5. The van der Waals surface area contributed by atoms with Crippen molar-refractivity contribution in [2.75, 3.05) is 0 Å². The lowest BCUT2D eigenvalue weighted by molar-refractivity contribution is -0.526. The van der Waals surface area contributed by atoms with Crippen molar-refractivity contribution in [3.05, 3.63) is 79.9 Å². The van der Waals surface area contributed by atoms with Crippen molar-refractivity contribution >= 4 is 0 Å². The number of rotatable bonds is 4. The molecule has 1 aromatic carbocycles. The lowest BCUT2D eigenvalue weighted by atomic mass is 9.80. The van der Waals surface area contributed by atoms with Gasteiger partial charge in [0.15, 0.2) is 0 Å². The predicted molar refractivity (Wildman–Crippen MR) is 90.2 cm³/mol. The highest BCUT2D eigenvalue weighted by atomic mass is 16.6. The highest BCUT2D eigenvalue weighted by Crippen LogP contribution is 2.35. The number of hydrogen-bond acceptors (Lipinski definition) is 4. The summed E-state index contributed by atoms with van der Waals surface area (Å²) in [6.45, 7) is 0. The maximum absolute atomic E-state index is 11.3. The Bertz CT molecular complexity index is 622. The molecule has 0 spiro atoms. The van der Waals surface area contributed by atoms with Crippen molar-refractivity contribution < 1.29 is 9.85 Å². The summed E-state index contributed by atoms with van der Waals surface area (Å²) in [7, 11) is 0. The molecule has 4 atom stereocenters. The Balaban J connectivity index is 1.82. The molecule has 0 bridgehead atoms. The van der Waals surface area contributed by atoms with Crippen LogP contribution in [0.5, 0.6) is 0 Å². The van der Waals surface area contributed by atoms with Crippen LogP contribution in [0.15, 0.2) is 48.6 Å². The van der Waals surface area contributed by atoms with E-state index in [0.717, 1.165) is 11.1 Å². The fraction of sp³-hybridized carbons (Fsp3) is 0.444. The van der Waals surface area contributed by atoms with Crippen molar-refractivity contribution in [1.29, 1.82) is 0 Å². The van der Waals surface area contributed by atoms with Crippen LogP contribution in [0.3, 0.4) is 0 Å². The van der Waals surface area contributed by atoms with Crippen LogP contribution in [0.2, 0.25) is 0 Å². The third-order valence-electron chi connectivity index (χ3n) is 5.13. The molecule has 2 aliphatic carbocycles. The van der Waals surface area contributed by atoms with Gasteiger partial charge in [0.2, 0.25) is 12.1 Å². The minimum atomic E-state index is -0.593. The maximum Gasteiger partial charge on any atom is 0.223 e. The summed E-state index contributed by atoms with van der Waals surface area (Å²) in [6.07, 6.45) is 9.96. The monoisotopic (exact) mass is 328 g/mol. The number of allylic oxidation sites excluding steroid dienone is 2. The van der Waals surface area contributed by atoms with Gasteiger partial charge >= 0.3 is 0 Å². The Morgan fingerprint density at radius 2 is 1.00 bits per heavy atom. The van der Waals surface area contributed by atoms with Crippen molar-refractivity contribution in [1.82, 2.24) is 0 Å². The van der Waals surface area contributed by atoms with E-state index < -0.39 is 12.1 Å². The van der Waals surface area contributed by atoms with Crippen molar-refractivity contribution in [2.45, 2.75) is 49.6 Å². The molecule has 24 heavy (non-hydrogen) atoms. The van der Waals surface area contributed by atoms with Gasteiger partial charge in [-0.05, 0) is 24.0 Å². The van der Waals surface area contributed by atoms with Crippen molar-refractivity contribution in [3.8, 4) is 0 Å². The molecule has 0 unspecified atom stereocenters. The van der Waals surface area contributed by atoms with Gasteiger partial charge < -0.3 is 0 Å². The maximum atomic E-state index is 11.3. The summed E-state index contributed by atoms with van der Waals surface area (Å²) in [5.41, 5.74) is 1.88. The highest BCUT2D eigenvalue weighted by molar-refractivity contribution is 5.31. The zero-order valence-corrected chi connectivity index (χ0v) is 13.3. The quantitative estimate of drug-likeness (QED) is 0.477. The lowest BCUT2D eigenvalue weighted by Crippen LogP contribution is -2.29. The van der Waals surface area contributed by atoms with Gasteiger partial charge in [0, 0.05) is 22.7 Å². The van der Waals surface area contributed by atoms with E-state index in [1.807, 2.05) is 48.6 Å². The van der Waals surface area contributed by atoms with Gasteiger partial charge in [0.25, 0.3) is 0 Å². The Hall–Kier alpha value is -2.50. The summed E-state index contributed by atoms with van der Waals surface area (Å²) in [6, 6.07) is 6.45. The van der Waals surface area contributed by atoms with Crippen LogP contribution >= 0.6 is 0 Å². The summed E-state index contributed by atoms with van der Waals surface area (Å²) in [4.78, 5) is 22.1. The minimum Gasteiger partial charge on any atom is -0.264 e. The molecule has 1 aromatic rings. The fourth-order valence-corrected chi connectivity index (χ4v) is 3.77. The first-order valence-corrected chi connectivity index (χ1v) is 8.24. The van der Waals surface area contributed by atoms with E-state index in [1.165, 1.54) is 0 Å². The van der Waals surface area contributed by atoms with Gasteiger partial charge in [-0.15, -0.1) is 0 Å². The SMILES string of the molecule is O=[N+]([O-])[C@H]1CC=CC[C@@H]1c1ccc([C@@H]2CC=CC[C@@H]2[N+](=O)[O-])cc1. The molecule has 6 nitrogen and oxygen atoms in total. The van der Waals surface area contributed by atoms with Crippen LogP contribution in [0.25, 0.3) is 0 Å². The topological polar surface area (TPSA) is 86.3 Å². The second-order valence-electron chi connectivity index (χ2n) is 6.47. The molecule has 0 aromatic heterocycles. The molecule has 0 fully saturated rings. The van der Waals surface area contributed by atoms with Gasteiger partial charge in [0.05, 0.1) is 11.8 Å². The van der Waals surface area contributed by atoms with Gasteiger partial charge in [-0.2, -0.15) is 0 Å².